The number of hydrogen-bond acceptors (Lipinski definition) is 6. The number of hydrogen-bond donors (Lipinski definition) is 6. The first-order chi connectivity index (χ1) is 13.7. The van der Waals surface area contributed by atoms with Gasteiger partial charge in [0, 0.05) is 6.42 Å². The predicted octanol–water partition coefficient (Wildman–Crippen LogP) is -1.38. The summed E-state index contributed by atoms with van der Waals surface area (Å²) in [7, 11) is 0. The van der Waals surface area contributed by atoms with Gasteiger partial charge in [0.25, 0.3) is 0 Å². The van der Waals surface area contributed by atoms with Gasteiger partial charge in [-0.3, -0.25) is 14.4 Å². The van der Waals surface area contributed by atoms with Crippen molar-refractivity contribution in [3.05, 3.63) is 35.9 Å². The van der Waals surface area contributed by atoms with Crippen molar-refractivity contribution in [2.45, 2.75) is 50.2 Å². The molecule has 0 aromatic heterocycles. The SMILES string of the molecule is NCCCC[C@H](N)C(=O)N[C@@H](CC(N)=O)C(=O)N[C@@H](Cc1ccccc1)C(=O)O. The molecule has 10 heteroatoms. The zero-order valence-corrected chi connectivity index (χ0v) is 16.2. The molecule has 9 N–H and O–H groups in total. The molecule has 29 heavy (non-hydrogen) atoms. The molecule has 1 aromatic rings. The highest BCUT2D eigenvalue weighted by Gasteiger charge is 2.29. The summed E-state index contributed by atoms with van der Waals surface area (Å²) in [6.07, 6.45) is 1.25. The molecule has 0 fully saturated rings. The topological polar surface area (TPSA) is 191 Å². The fourth-order valence-corrected chi connectivity index (χ4v) is 2.65. The number of carbonyl (C=O) groups is 4. The van der Waals surface area contributed by atoms with E-state index in [4.69, 9.17) is 17.2 Å². The zero-order valence-electron chi connectivity index (χ0n) is 16.2. The fraction of sp³-hybridized carbons (Fsp3) is 0.474. The number of rotatable bonds is 13. The number of amides is 3. The lowest BCUT2D eigenvalue weighted by atomic mass is 10.0. The average Bonchev–Trinajstić information content (AvgIpc) is 2.67. The van der Waals surface area contributed by atoms with Crippen LogP contribution in [0.3, 0.4) is 0 Å². The average molecular weight is 407 g/mol. The molecule has 3 amide bonds. The van der Waals surface area contributed by atoms with Crippen LogP contribution in [0.1, 0.15) is 31.2 Å². The molecule has 0 unspecified atom stereocenters. The van der Waals surface area contributed by atoms with Crippen LogP contribution >= 0.6 is 0 Å². The molecule has 0 aliphatic heterocycles. The number of carboxylic acids is 1. The number of carbonyl (C=O) groups excluding carboxylic acids is 3. The Morgan fingerprint density at radius 2 is 1.59 bits per heavy atom. The minimum absolute atomic E-state index is 0.0394. The second kappa shape index (κ2) is 12.5. The molecule has 1 rings (SSSR count). The number of carboxylic acid groups (broad SMARTS) is 1. The summed E-state index contributed by atoms with van der Waals surface area (Å²) in [6.45, 7) is 0.471. The van der Waals surface area contributed by atoms with Crippen LogP contribution in [0.2, 0.25) is 0 Å². The van der Waals surface area contributed by atoms with Crippen LogP contribution in [-0.2, 0) is 25.6 Å². The molecule has 0 aliphatic carbocycles. The first-order valence-electron chi connectivity index (χ1n) is 9.36. The largest absolute Gasteiger partial charge is 0.480 e. The van der Waals surface area contributed by atoms with Crippen molar-refractivity contribution in [1.82, 2.24) is 10.6 Å². The summed E-state index contributed by atoms with van der Waals surface area (Å²) >= 11 is 0. The highest BCUT2D eigenvalue weighted by molar-refractivity contribution is 5.94. The molecule has 0 spiro atoms. The van der Waals surface area contributed by atoms with Crippen molar-refractivity contribution in [3.63, 3.8) is 0 Å². The molecule has 0 heterocycles. The predicted molar refractivity (Wildman–Crippen MR) is 106 cm³/mol. The van der Waals surface area contributed by atoms with Gasteiger partial charge in [-0.15, -0.1) is 0 Å². The molecular formula is C19H29N5O5. The van der Waals surface area contributed by atoms with Crippen LogP contribution in [0.25, 0.3) is 0 Å². The van der Waals surface area contributed by atoms with E-state index in [1.165, 1.54) is 0 Å². The second-order valence-corrected chi connectivity index (χ2v) is 6.71. The lowest BCUT2D eigenvalue weighted by molar-refractivity contribution is -0.142. The van der Waals surface area contributed by atoms with Gasteiger partial charge in [0.05, 0.1) is 12.5 Å². The summed E-state index contributed by atoms with van der Waals surface area (Å²) < 4.78 is 0. The molecule has 0 aliphatic rings. The van der Waals surface area contributed by atoms with E-state index in [2.05, 4.69) is 10.6 Å². The van der Waals surface area contributed by atoms with Gasteiger partial charge in [0.2, 0.25) is 17.7 Å². The zero-order chi connectivity index (χ0) is 21.8. The molecule has 0 radical (unpaired) electrons. The fourth-order valence-electron chi connectivity index (χ4n) is 2.65. The number of aliphatic carboxylic acids is 1. The maximum absolute atomic E-state index is 12.5. The molecular weight excluding hydrogens is 378 g/mol. The van der Waals surface area contributed by atoms with E-state index in [1.807, 2.05) is 0 Å². The van der Waals surface area contributed by atoms with Gasteiger partial charge >= 0.3 is 5.97 Å². The van der Waals surface area contributed by atoms with E-state index < -0.39 is 48.2 Å². The normalized spacial score (nSPS) is 13.7. The third-order valence-corrected chi connectivity index (χ3v) is 4.24. The van der Waals surface area contributed by atoms with Crippen molar-refractivity contribution in [2.24, 2.45) is 17.2 Å². The molecule has 0 bridgehead atoms. The number of unbranched alkanes of at least 4 members (excludes halogenated alkanes) is 1. The van der Waals surface area contributed by atoms with Crippen LogP contribution in [0.4, 0.5) is 0 Å². The second-order valence-electron chi connectivity index (χ2n) is 6.71. The van der Waals surface area contributed by atoms with Crippen molar-refractivity contribution in [1.29, 1.82) is 0 Å². The number of nitrogens with two attached hydrogens (primary N) is 3. The van der Waals surface area contributed by atoms with Gasteiger partial charge in [0.1, 0.15) is 12.1 Å². The van der Waals surface area contributed by atoms with Crippen molar-refractivity contribution < 1.29 is 24.3 Å². The quantitative estimate of drug-likeness (QED) is 0.217. The first-order valence-corrected chi connectivity index (χ1v) is 9.36. The molecule has 1 aromatic carbocycles. The third-order valence-electron chi connectivity index (χ3n) is 4.24. The Hall–Kier alpha value is -2.98. The van der Waals surface area contributed by atoms with E-state index >= 15 is 0 Å². The summed E-state index contributed by atoms with van der Waals surface area (Å²) in [5, 5.41) is 14.1. The van der Waals surface area contributed by atoms with E-state index in [9.17, 15) is 24.3 Å². The maximum atomic E-state index is 12.5. The van der Waals surface area contributed by atoms with Crippen LogP contribution in [0.5, 0.6) is 0 Å². The van der Waals surface area contributed by atoms with Gasteiger partial charge in [-0.1, -0.05) is 36.8 Å². The number of benzene rings is 1. The number of nitrogens with one attached hydrogen (secondary N) is 2. The lowest BCUT2D eigenvalue weighted by Crippen LogP contribution is -2.55. The van der Waals surface area contributed by atoms with Gasteiger partial charge in [0.15, 0.2) is 0 Å². The summed E-state index contributed by atoms with van der Waals surface area (Å²) in [6, 6.07) is 5.29. The molecule has 0 saturated heterocycles. The summed E-state index contributed by atoms with van der Waals surface area (Å²) in [5.41, 5.74) is 17.1. The van der Waals surface area contributed by atoms with Crippen molar-refractivity contribution >= 4 is 23.7 Å². The van der Waals surface area contributed by atoms with E-state index in [-0.39, 0.29) is 6.42 Å². The van der Waals surface area contributed by atoms with E-state index in [0.717, 1.165) is 0 Å². The molecule has 10 nitrogen and oxygen atoms in total. The van der Waals surface area contributed by atoms with Crippen LogP contribution < -0.4 is 27.8 Å². The smallest absolute Gasteiger partial charge is 0.326 e. The van der Waals surface area contributed by atoms with Crippen molar-refractivity contribution in [2.75, 3.05) is 6.54 Å². The maximum Gasteiger partial charge on any atom is 0.326 e. The Morgan fingerprint density at radius 1 is 0.966 bits per heavy atom. The lowest BCUT2D eigenvalue weighted by Gasteiger charge is -2.22. The Balaban J connectivity index is 2.78. The van der Waals surface area contributed by atoms with E-state index in [1.54, 1.807) is 30.3 Å². The minimum atomic E-state index is -1.32. The standard InChI is InChI=1S/C19H29N5O5/c20-9-5-4-8-13(21)17(26)23-14(11-16(22)25)18(27)24-15(19(28)29)10-12-6-2-1-3-7-12/h1-3,6-7,13-15H,4-5,8-11,20-21H2,(H2,22,25)(H,23,26)(H,24,27)(H,28,29)/t13-,14-,15-/m0/s1. The van der Waals surface area contributed by atoms with Gasteiger partial charge in [-0.25, -0.2) is 4.79 Å². The Bertz CT molecular complexity index is 697. The molecule has 160 valence electrons. The highest BCUT2D eigenvalue weighted by Crippen LogP contribution is 2.05. The summed E-state index contributed by atoms with van der Waals surface area (Å²) in [4.78, 5) is 47.6. The van der Waals surface area contributed by atoms with Crippen LogP contribution in [0, 0.1) is 0 Å². The van der Waals surface area contributed by atoms with Gasteiger partial charge < -0.3 is 32.9 Å². The third kappa shape index (κ3) is 9.17. The first kappa shape index (κ1) is 24.1. The Morgan fingerprint density at radius 3 is 2.14 bits per heavy atom. The molecule has 0 saturated carbocycles. The van der Waals surface area contributed by atoms with Gasteiger partial charge in [-0.05, 0) is 24.9 Å². The van der Waals surface area contributed by atoms with Crippen LogP contribution in [-0.4, -0.2) is 53.5 Å². The van der Waals surface area contributed by atoms with Gasteiger partial charge in [-0.2, -0.15) is 0 Å². The summed E-state index contributed by atoms with van der Waals surface area (Å²) in [5.74, 6) is -3.52. The van der Waals surface area contributed by atoms with E-state index in [0.29, 0.717) is 31.4 Å². The van der Waals surface area contributed by atoms with Crippen molar-refractivity contribution in [3.8, 4) is 0 Å². The molecule has 3 atom stereocenters. The minimum Gasteiger partial charge on any atom is -0.480 e. The Kier molecular flexibility index (Phi) is 10.3. The number of primary amides is 1. The van der Waals surface area contributed by atoms with Crippen LogP contribution in [0.15, 0.2) is 30.3 Å². The highest BCUT2D eigenvalue weighted by atomic mass is 16.4. The Labute approximate surface area is 169 Å². The monoisotopic (exact) mass is 407 g/mol.